The number of hydrogen-bond acceptors (Lipinski definition) is 5. The van der Waals surface area contributed by atoms with Crippen molar-refractivity contribution in [3.63, 3.8) is 0 Å². The zero-order valence-corrected chi connectivity index (χ0v) is 14.7. The molecule has 0 bridgehead atoms. The lowest BCUT2D eigenvalue weighted by molar-refractivity contribution is 0.0939. The molecule has 132 valence electrons. The zero-order valence-electron chi connectivity index (χ0n) is 14.7. The Morgan fingerprint density at radius 2 is 2.00 bits per heavy atom. The van der Waals surface area contributed by atoms with Gasteiger partial charge >= 0.3 is 0 Å². The van der Waals surface area contributed by atoms with E-state index < -0.39 is 0 Å². The summed E-state index contributed by atoms with van der Waals surface area (Å²) in [6.45, 7) is 8.56. The molecule has 1 fully saturated rings. The van der Waals surface area contributed by atoms with Gasteiger partial charge in [-0.15, -0.1) is 5.10 Å². The molecule has 2 aromatic heterocycles. The maximum atomic E-state index is 12.0. The second-order valence-electron chi connectivity index (χ2n) is 7.44. The lowest BCUT2D eigenvalue weighted by Gasteiger charge is -2.40. The Labute approximate surface area is 146 Å². The van der Waals surface area contributed by atoms with Crippen molar-refractivity contribution in [2.24, 2.45) is 5.92 Å². The molecule has 0 radical (unpaired) electrons. The highest BCUT2D eigenvalue weighted by atomic mass is 16.2. The Kier molecular flexibility index (Phi) is 4.57. The van der Waals surface area contributed by atoms with Gasteiger partial charge in [0.25, 0.3) is 5.91 Å². The molecule has 0 saturated carbocycles. The van der Waals surface area contributed by atoms with Crippen LogP contribution in [0, 0.1) is 5.92 Å². The van der Waals surface area contributed by atoms with E-state index in [1.165, 1.54) is 6.07 Å². The minimum atomic E-state index is -0.278. The molecular formula is C18H23N5O2. The van der Waals surface area contributed by atoms with Crippen molar-refractivity contribution in [2.75, 3.05) is 24.5 Å². The largest absolute Gasteiger partial charge is 0.354 e. The van der Waals surface area contributed by atoms with Crippen LogP contribution in [0.15, 0.2) is 35.1 Å². The summed E-state index contributed by atoms with van der Waals surface area (Å²) in [5.41, 5.74) is 0.968. The van der Waals surface area contributed by atoms with Crippen LogP contribution in [0.3, 0.4) is 0 Å². The van der Waals surface area contributed by atoms with Crippen LogP contribution in [0.4, 0.5) is 5.82 Å². The monoisotopic (exact) mass is 341 g/mol. The van der Waals surface area contributed by atoms with E-state index >= 15 is 0 Å². The fourth-order valence-electron chi connectivity index (χ4n) is 2.69. The number of nitrogens with one attached hydrogen (secondary N) is 2. The van der Waals surface area contributed by atoms with Crippen molar-refractivity contribution < 1.29 is 4.79 Å². The molecule has 2 N–H and O–H groups in total. The average molecular weight is 341 g/mol. The number of H-pyrrole nitrogens is 1. The number of rotatable bonds is 4. The molecule has 1 amide bonds. The lowest BCUT2D eigenvalue weighted by Crippen LogP contribution is -2.52. The summed E-state index contributed by atoms with van der Waals surface area (Å²) in [4.78, 5) is 27.9. The minimum absolute atomic E-state index is 0.00823. The fraction of sp³-hybridized carbons (Fsp3) is 0.444. The lowest BCUT2D eigenvalue weighted by atomic mass is 9.92. The highest BCUT2D eigenvalue weighted by Gasteiger charge is 2.28. The maximum absolute atomic E-state index is 12.0. The molecule has 1 aliphatic heterocycles. The predicted octanol–water partition coefficient (Wildman–Crippen LogP) is 1.33. The summed E-state index contributed by atoms with van der Waals surface area (Å²) in [6.07, 6.45) is 0. The van der Waals surface area contributed by atoms with Crippen molar-refractivity contribution in [1.29, 1.82) is 0 Å². The average Bonchev–Trinajstić information content (AvgIpc) is 2.52. The van der Waals surface area contributed by atoms with Gasteiger partial charge in [-0.25, -0.2) is 0 Å². The molecule has 7 heteroatoms. The number of carbonyl (C=O) groups is 1. The van der Waals surface area contributed by atoms with Crippen LogP contribution in [0.5, 0.6) is 0 Å². The van der Waals surface area contributed by atoms with Crippen molar-refractivity contribution in [2.45, 2.75) is 26.2 Å². The van der Waals surface area contributed by atoms with Crippen LogP contribution in [0.2, 0.25) is 0 Å². The Morgan fingerprint density at radius 1 is 1.24 bits per heavy atom. The van der Waals surface area contributed by atoms with E-state index in [-0.39, 0.29) is 22.6 Å². The van der Waals surface area contributed by atoms with Crippen molar-refractivity contribution in [1.82, 2.24) is 20.5 Å². The van der Waals surface area contributed by atoms with Crippen molar-refractivity contribution >= 4 is 11.7 Å². The van der Waals surface area contributed by atoms with Crippen LogP contribution in [0.1, 0.15) is 37.0 Å². The van der Waals surface area contributed by atoms with Gasteiger partial charge in [-0.05, 0) is 18.2 Å². The van der Waals surface area contributed by atoms with Crippen LogP contribution in [-0.4, -0.2) is 40.7 Å². The molecule has 0 unspecified atom stereocenters. The number of aromatic nitrogens is 3. The van der Waals surface area contributed by atoms with Gasteiger partial charge in [0.2, 0.25) is 5.56 Å². The molecule has 0 atom stereocenters. The quantitative estimate of drug-likeness (QED) is 0.875. The summed E-state index contributed by atoms with van der Waals surface area (Å²) in [7, 11) is 0. The first-order valence-corrected chi connectivity index (χ1v) is 8.39. The number of pyridine rings is 1. The number of nitrogens with zero attached hydrogens (tertiary/aromatic N) is 3. The summed E-state index contributed by atoms with van der Waals surface area (Å²) in [5, 5.41) is 11.5. The Bertz CT molecular complexity index is 801. The number of hydrogen-bond donors (Lipinski definition) is 2. The van der Waals surface area contributed by atoms with Gasteiger partial charge in [0.15, 0.2) is 5.82 Å². The van der Waals surface area contributed by atoms with E-state index in [1.807, 2.05) is 12.1 Å². The molecular weight excluding hydrogens is 318 g/mol. The van der Waals surface area contributed by atoms with Crippen LogP contribution >= 0.6 is 0 Å². The van der Waals surface area contributed by atoms with Gasteiger partial charge in [-0.2, -0.15) is 5.10 Å². The Morgan fingerprint density at radius 3 is 2.60 bits per heavy atom. The number of carbonyl (C=O) groups excluding carboxylic acids is 1. The minimum Gasteiger partial charge on any atom is -0.354 e. The number of amides is 1. The Hall–Kier alpha value is -2.70. The molecule has 2 aromatic rings. The zero-order chi connectivity index (χ0) is 18.0. The first-order chi connectivity index (χ1) is 11.8. The smallest absolute Gasteiger partial charge is 0.267 e. The van der Waals surface area contributed by atoms with Crippen LogP contribution < -0.4 is 15.8 Å². The van der Waals surface area contributed by atoms with Gasteiger partial charge in [0.05, 0.1) is 5.69 Å². The van der Waals surface area contributed by atoms with Gasteiger partial charge in [-0.1, -0.05) is 26.8 Å². The first-order valence-electron chi connectivity index (χ1n) is 8.39. The van der Waals surface area contributed by atoms with E-state index in [0.29, 0.717) is 12.5 Å². The predicted molar refractivity (Wildman–Crippen MR) is 95.8 cm³/mol. The molecule has 3 rings (SSSR count). The molecule has 7 nitrogen and oxygen atoms in total. The van der Waals surface area contributed by atoms with Gasteiger partial charge in [-0.3, -0.25) is 9.59 Å². The molecule has 3 heterocycles. The van der Waals surface area contributed by atoms with E-state index in [4.69, 9.17) is 0 Å². The Balaban J connectivity index is 1.48. The highest BCUT2D eigenvalue weighted by molar-refractivity contribution is 5.92. The topological polar surface area (TPSA) is 91.0 Å². The summed E-state index contributed by atoms with van der Waals surface area (Å²) < 4.78 is 0. The van der Waals surface area contributed by atoms with Crippen LogP contribution in [0.25, 0.3) is 0 Å². The molecule has 0 aliphatic carbocycles. The summed E-state index contributed by atoms with van der Waals surface area (Å²) in [5.74, 6) is 0.969. The molecule has 0 spiro atoms. The molecule has 25 heavy (non-hydrogen) atoms. The van der Waals surface area contributed by atoms with Gasteiger partial charge < -0.3 is 15.2 Å². The van der Waals surface area contributed by atoms with Crippen molar-refractivity contribution in [3.8, 4) is 0 Å². The van der Waals surface area contributed by atoms with E-state index in [1.54, 1.807) is 12.1 Å². The number of anilines is 1. The third kappa shape index (κ3) is 4.04. The fourth-order valence-corrected chi connectivity index (χ4v) is 2.69. The van der Waals surface area contributed by atoms with Crippen molar-refractivity contribution in [3.05, 3.63) is 52.1 Å². The summed E-state index contributed by atoms with van der Waals surface area (Å²) >= 11 is 0. The molecule has 1 aliphatic rings. The standard InChI is InChI=1S/C18H23N5O2/c1-18(2,3)14-7-8-15(22-21-14)23-10-12(11-23)9-19-17(25)13-5-4-6-16(24)20-13/h4-8,12H,9-11H2,1-3H3,(H,19,25)(H,20,24). The molecule has 1 saturated heterocycles. The molecule has 0 aromatic carbocycles. The first kappa shape index (κ1) is 17.1. The second-order valence-corrected chi connectivity index (χ2v) is 7.44. The normalized spacial score (nSPS) is 14.9. The third-order valence-electron chi connectivity index (χ3n) is 4.26. The van der Waals surface area contributed by atoms with E-state index in [9.17, 15) is 9.59 Å². The van der Waals surface area contributed by atoms with E-state index in [2.05, 4.69) is 46.2 Å². The third-order valence-corrected chi connectivity index (χ3v) is 4.26. The maximum Gasteiger partial charge on any atom is 0.267 e. The second kappa shape index (κ2) is 6.66. The summed E-state index contributed by atoms with van der Waals surface area (Å²) in [6, 6.07) is 8.56. The van der Waals surface area contributed by atoms with Gasteiger partial charge in [0, 0.05) is 37.0 Å². The van der Waals surface area contributed by atoms with E-state index in [0.717, 1.165) is 24.6 Å². The SMILES string of the molecule is CC(C)(C)c1ccc(N2CC(CNC(=O)c3cccc(=O)[nH]3)C2)nn1. The van der Waals surface area contributed by atoms with Crippen LogP contribution in [-0.2, 0) is 5.41 Å². The number of aromatic amines is 1. The van der Waals surface area contributed by atoms with Gasteiger partial charge in [0.1, 0.15) is 5.69 Å². The highest BCUT2D eigenvalue weighted by Crippen LogP contribution is 2.24.